The van der Waals surface area contributed by atoms with Crippen LogP contribution in [0.5, 0.6) is 0 Å². The van der Waals surface area contributed by atoms with Crippen LogP contribution in [-0.2, 0) is 14.8 Å². The van der Waals surface area contributed by atoms with E-state index in [1.807, 2.05) is 0 Å². The molecule has 0 aliphatic carbocycles. The number of pyridine rings is 1. The van der Waals surface area contributed by atoms with E-state index in [-0.39, 0.29) is 22.6 Å². The normalized spacial score (nSPS) is 18.9. The van der Waals surface area contributed by atoms with Gasteiger partial charge < -0.3 is 9.64 Å². The molecule has 1 aromatic heterocycles. The highest BCUT2D eigenvalue weighted by atomic mass is 35.5. The van der Waals surface area contributed by atoms with E-state index in [9.17, 15) is 13.2 Å². The molecule has 0 radical (unpaired) electrons. The van der Waals surface area contributed by atoms with Crippen molar-refractivity contribution in [3.63, 3.8) is 0 Å². The molecule has 1 aromatic rings. The van der Waals surface area contributed by atoms with Crippen molar-refractivity contribution in [2.75, 3.05) is 13.1 Å². The van der Waals surface area contributed by atoms with Gasteiger partial charge in [0.25, 0.3) is 0 Å². The number of piperidine rings is 1. The summed E-state index contributed by atoms with van der Waals surface area (Å²) < 4.78 is 32.8. The van der Waals surface area contributed by atoms with Crippen LogP contribution in [-0.4, -0.2) is 49.1 Å². The number of ether oxygens (including phenoxy) is 1. The Morgan fingerprint density at radius 2 is 2.16 bits per heavy atom. The monoisotopic (exact) mass is 389 g/mol. The fraction of sp³-hybridized carbons (Fsp3) is 0.625. The van der Waals surface area contributed by atoms with Gasteiger partial charge in [-0.3, -0.25) is 0 Å². The second-order valence-electron chi connectivity index (χ2n) is 6.97. The quantitative estimate of drug-likeness (QED) is 0.800. The Hall–Kier alpha value is -1.38. The molecule has 1 amide bonds. The number of amides is 1. The van der Waals surface area contributed by atoms with Crippen molar-refractivity contribution in [3.05, 3.63) is 23.5 Å². The second kappa shape index (κ2) is 7.88. The number of hydrogen-bond donors (Lipinski definition) is 1. The zero-order valence-electron chi connectivity index (χ0n) is 14.7. The van der Waals surface area contributed by atoms with Gasteiger partial charge in [0.2, 0.25) is 10.0 Å². The number of carbonyl (C=O) groups is 1. The smallest absolute Gasteiger partial charge is 0.410 e. The Morgan fingerprint density at radius 1 is 1.44 bits per heavy atom. The summed E-state index contributed by atoms with van der Waals surface area (Å²) in [6.07, 6.45) is 3.52. The molecule has 0 spiro atoms. The SMILES string of the molecule is CC(C)(C)OC(=O)N1CCCCC1CNS(=O)(=O)c1cccnc1Cl. The number of carbonyl (C=O) groups excluding carboxylic acids is 1. The number of sulfonamides is 1. The highest BCUT2D eigenvalue weighted by Gasteiger charge is 2.31. The molecule has 1 N–H and O–H groups in total. The van der Waals surface area contributed by atoms with Gasteiger partial charge in [-0.15, -0.1) is 0 Å². The molecule has 9 heteroatoms. The first-order chi connectivity index (χ1) is 11.6. The summed E-state index contributed by atoms with van der Waals surface area (Å²) in [5, 5.41) is -0.0809. The number of hydrogen-bond acceptors (Lipinski definition) is 5. The molecule has 1 unspecified atom stereocenters. The van der Waals surface area contributed by atoms with Crippen LogP contribution < -0.4 is 4.72 Å². The Bertz CT molecular complexity index is 718. The van der Waals surface area contributed by atoms with Crippen LogP contribution in [0.3, 0.4) is 0 Å². The lowest BCUT2D eigenvalue weighted by Gasteiger charge is -2.36. The Labute approximate surface area is 153 Å². The third-order valence-electron chi connectivity index (χ3n) is 3.78. The lowest BCUT2D eigenvalue weighted by Crippen LogP contribution is -2.50. The molecule has 2 heterocycles. The van der Waals surface area contributed by atoms with Crippen LogP contribution in [0.1, 0.15) is 40.0 Å². The van der Waals surface area contributed by atoms with E-state index < -0.39 is 21.7 Å². The van der Waals surface area contributed by atoms with Gasteiger partial charge in [0.15, 0.2) is 0 Å². The summed E-state index contributed by atoms with van der Waals surface area (Å²) in [6, 6.07) is 2.65. The Morgan fingerprint density at radius 3 is 2.80 bits per heavy atom. The van der Waals surface area contributed by atoms with E-state index in [0.717, 1.165) is 12.8 Å². The number of rotatable bonds is 4. The maximum atomic E-state index is 12.4. The summed E-state index contributed by atoms with van der Waals surface area (Å²) in [5.74, 6) is 0. The van der Waals surface area contributed by atoms with Gasteiger partial charge in [0.05, 0.1) is 0 Å². The van der Waals surface area contributed by atoms with Crippen LogP contribution in [0.25, 0.3) is 0 Å². The summed E-state index contributed by atoms with van der Waals surface area (Å²) in [4.78, 5) is 17.7. The number of aromatic nitrogens is 1. The van der Waals surface area contributed by atoms with Crippen LogP contribution in [0.4, 0.5) is 4.79 Å². The summed E-state index contributed by atoms with van der Waals surface area (Å²) in [7, 11) is -3.80. The molecule has 25 heavy (non-hydrogen) atoms. The Balaban J connectivity index is 2.07. The first-order valence-corrected chi connectivity index (χ1v) is 10.1. The van der Waals surface area contributed by atoms with Gasteiger partial charge in [-0.1, -0.05) is 11.6 Å². The largest absolute Gasteiger partial charge is 0.444 e. The van der Waals surface area contributed by atoms with E-state index in [0.29, 0.717) is 13.0 Å². The average Bonchev–Trinajstić information content (AvgIpc) is 2.52. The average molecular weight is 390 g/mol. The third kappa shape index (κ3) is 5.55. The van der Waals surface area contributed by atoms with Gasteiger partial charge in [-0.25, -0.2) is 22.9 Å². The van der Waals surface area contributed by atoms with Gasteiger partial charge >= 0.3 is 6.09 Å². The second-order valence-corrected chi connectivity index (χ2v) is 9.06. The van der Waals surface area contributed by atoms with Crippen LogP contribution in [0, 0.1) is 0 Å². The van der Waals surface area contributed by atoms with Gasteiger partial charge in [0.1, 0.15) is 15.6 Å². The number of halogens is 1. The number of nitrogens with zero attached hydrogens (tertiary/aromatic N) is 2. The number of nitrogens with one attached hydrogen (secondary N) is 1. The molecule has 140 valence electrons. The molecule has 2 rings (SSSR count). The Kier molecular flexibility index (Phi) is 6.29. The molecule has 1 aliphatic rings. The highest BCUT2D eigenvalue weighted by molar-refractivity contribution is 7.89. The molecule has 7 nitrogen and oxygen atoms in total. The molecule has 1 fully saturated rings. The van der Waals surface area contributed by atoms with Crippen molar-refractivity contribution in [1.29, 1.82) is 0 Å². The summed E-state index contributed by atoms with van der Waals surface area (Å²) in [6.45, 7) is 6.06. The van der Waals surface area contributed by atoms with Crippen LogP contribution >= 0.6 is 11.6 Å². The maximum absolute atomic E-state index is 12.4. The van der Waals surface area contributed by atoms with Gasteiger partial charge in [-0.05, 0) is 52.2 Å². The van der Waals surface area contributed by atoms with Crippen molar-refractivity contribution in [2.45, 2.75) is 56.6 Å². The van der Waals surface area contributed by atoms with E-state index in [1.54, 1.807) is 25.7 Å². The zero-order chi connectivity index (χ0) is 18.7. The predicted octanol–water partition coefficient (Wildman–Crippen LogP) is 2.80. The zero-order valence-corrected chi connectivity index (χ0v) is 16.2. The van der Waals surface area contributed by atoms with Gasteiger partial charge in [0, 0.05) is 25.3 Å². The molecule has 0 bridgehead atoms. The molecule has 0 saturated carbocycles. The number of likely N-dealkylation sites (tertiary alicyclic amines) is 1. The highest BCUT2D eigenvalue weighted by Crippen LogP contribution is 2.22. The summed E-state index contributed by atoms with van der Waals surface area (Å²) in [5.41, 5.74) is -0.595. The molecular weight excluding hydrogens is 366 g/mol. The van der Waals surface area contributed by atoms with Gasteiger partial charge in [-0.2, -0.15) is 0 Å². The minimum atomic E-state index is -3.80. The van der Waals surface area contributed by atoms with E-state index in [2.05, 4.69) is 9.71 Å². The van der Waals surface area contributed by atoms with Crippen molar-refractivity contribution >= 4 is 27.7 Å². The fourth-order valence-corrected chi connectivity index (χ4v) is 4.15. The van der Waals surface area contributed by atoms with E-state index in [1.165, 1.54) is 18.3 Å². The first kappa shape index (κ1) is 19.9. The fourth-order valence-electron chi connectivity index (χ4n) is 2.63. The van der Waals surface area contributed by atoms with Crippen LogP contribution in [0.2, 0.25) is 5.15 Å². The lowest BCUT2D eigenvalue weighted by molar-refractivity contribution is 0.0105. The predicted molar refractivity (Wildman–Crippen MR) is 95.0 cm³/mol. The summed E-state index contributed by atoms with van der Waals surface area (Å²) >= 11 is 5.87. The van der Waals surface area contributed by atoms with Crippen molar-refractivity contribution in [1.82, 2.24) is 14.6 Å². The molecule has 1 saturated heterocycles. The van der Waals surface area contributed by atoms with Crippen molar-refractivity contribution in [3.8, 4) is 0 Å². The minimum Gasteiger partial charge on any atom is -0.444 e. The molecule has 1 aliphatic heterocycles. The van der Waals surface area contributed by atoms with E-state index in [4.69, 9.17) is 16.3 Å². The topological polar surface area (TPSA) is 88.6 Å². The lowest BCUT2D eigenvalue weighted by atomic mass is 10.0. The van der Waals surface area contributed by atoms with Crippen molar-refractivity contribution in [2.24, 2.45) is 0 Å². The first-order valence-electron chi connectivity index (χ1n) is 8.20. The third-order valence-corrected chi connectivity index (χ3v) is 5.65. The minimum absolute atomic E-state index is 0.0729. The molecular formula is C16H24ClN3O4S. The molecule has 1 atom stereocenters. The standard InChI is InChI=1S/C16H24ClN3O4S/c1-16(2,3)24-15(21)20-10-5-4-7-12(20)11-19-25(22,23)13-8-6-9-18-14(13)17/h6,8-9,12,19H,4-5,7,10-11H2,1-3H3. The van der Waals surface area contributed by atoms with Crippen molar-refractivity contribution < 1.29 is 17.9 Å². The maximum Gasteiger partial charge on any atom is 0.410 e. The molecule has 0 aromatic carbocycles. The van der Waals surface area contributed by atoms with Crippen LogP contribution in [0.15, 0.2) is 23.2 Å². The van der Waals surface area contributed by atoms with E-state index >= 15 is 0 Å².